The van der Waals surface area contributed by atoms with E-state index in [0.29, 0.717) is 17.9 Å². The molecule has 1 aromatic heterocycles. The van der Waals surface area contributed by atoms with Gasteiger partial charge in [-0.2, -0.15) is 0 Å². The minimum Gasteiger partial charge on any atom is -0.448 e. The number of nitrogens with one attached hydrogen (secondary N) is 2. The lowest BCUT2D eigenvalue weighted by atomic mass is 10.0. The lowest BCUT2D eigenvalue weighted by molar-refractivity contribution is -0.154. The van der Waals surface area contributed by atoms with E-state index in [9.17, 15) is 19.2 Å². The van der Waals surface area contributed by atoms with Gasteiger partial charge >= 0.3 is 12.1 Å². The predicted molar refractivity (Wildman–Crippen MR) is 174 cm³/mol. The van der Waals surface area contributed by atoms with E-state index in [1.165, 1.54) is 16.7 Å². The number of amides is 3. The molecule has 5 rings (SSSR count). The highest BCUT2D eigenvalue weighted by atomic mass is 32.2. The fourth-order valence-corrected chi connectivity index (χ4v) is 6.75. The quantitative estimate of drug-likeness (QED) is 0.167. The molecule has 0 bridgehead atoms. The minimum atomic E-state index is -0.837. The van der Waals surface area contributed by atoms with E-state index < -0.39 is 47.0 Å². The number of thiazole rings is 1. The second kappa shape index (κ2) is 13.7. The van der Waals surface area contributed by atoms with Gasteiger partial charge in [0.05, 0.1) is 11.3 Å². The van der Waals surface area contributed by atoms with E-state index in [1.807, 2.05) is 67.6 Å². The summed E-state index contributed by atoms with van der Waals surface area (Å²) < 4.78 is 11.3. The van der Waals surface area contributed by atoms with Crippen molar-refractivity contribution in [2.24, 2.45) is 0 Å². The Morgan fingerprint density at radius 3 is 2.31 bits per heavy atom. The van der Waals surface area contributed by atoms with Crippen LogP contribution in [0.1, 0.15) is 57.0 Å². The zero-order valence-corrected chi connectivity index (χ0v) is 26.9. The summed E-state index contributed by atoms with van der Waals surface area (Å²) >= 11 is 2.60. The number of hydrogen-bond acceptors (Lipinski definition) is 9. The maximum atomic E-state index is 13.5. The molecule has 0 aliphatic carbocycles. The Kier molecular flexibility index (Phi) is 9.74. The van der Waals surface area contributed by atoms with E-state index in [4.69, 9.17) is 9.47 Å². The van der Waals surface area contributed by atoms with Crippen LogP contribution in [-0.2, 0) is 23.9 Å². The van der Waals surface area contributed by atoms with Crippen molar-refractivity contribution in [3.8, 4) is 0 Å². The summed E-state index contributed by atoms with van der Waals surface area (Å²) in [6.07, 6.45) is 2.64. The number of aromatic nitrogens is 1. The molecule has 1 fully saturated rings. The normalized spacial score (nSPS) is 18.0. The Labute approximate surface area is 269 Å². The molecule has 0 spiro atoms. The number of fused-ring (bicyclic) bond motifs is 1. The number of esters is 1. The molecule has 0 saturated carbocycles. The van der Waals surface area contributed by atoms with Gasteiger partial charge in [0.1, 0.15) is 22.7 Å². The first-order valence-electron chi connectivity index (χ1n) is 14.5. The fraction of sp³-hybridized carbons (Fsp3) is 0.303. The first-order valence-corrected chi connectivity index (χ1v) is 16.4. The standard InChI is InChI=1S/C33H34N4O6S2/c1-5-12-22(23-19-45-31(34-23)36-32(41)43-33(2,3)4)27(38)35-25-28(39)37-24(17-18-44-29(25)37)30(40)42-26(20-13-8-6-9-14-20)21-15-10-7-11-16-21/h6-17,19,25-26,29H,5,18H2,1-4H3,(H,35,38)(H,34,36,41)/b22-12-. The third-order valence-corrected chi connectivity index (χ3v) is 8.75. The second-order valence-corrected chi connectivity index (χ2v) is 13.3. The van der Waals surface area contributed by atoms with Crippen LogP contribution in [0, 0.1) is 0 Å². The van der Waals surface area contributed by atoms with Gasteiger partial charge in [-0.1, -0.05) is 73.7 Å². The maximum absolute atomic E-state index is 13.5. The highest BCUT2D eigenvalue weighted by molar-refractivity contribution is 8.00. The van der Waals surface area contributed by atoms with Gasteiger partial charge < -0.3 is 14.8 Å². The van der Waals surface area contributed by atoms with Crippen molar-refractivity contribution in [1.29, 1.82) is 0 Å². The third kappa shape index (κ3) is 7.46. The van der Waals surface area contributed by atoms with Crippen LogP contribution in [0.3, 0.4) is 0 Å². The SMILES string of the molecule is CC/C=C(\C(=O)NC1C(=O)N2C(C(=O)OC(c3ccccc3)c3ccccc3)=CCSC12)c1csc(NC(=O)OC(C)(C)C)n1. The monoisotopic (exact) mass is 646 g/mol. The molecule has 2 N–H and O–H groups in total. The molecule has 45 heavy (non-hydrogen) atoms. The molecule has 2 aliphatic heterocycles. The van der Waals surface area contributed by atoms with Crippen LogP contribution < -0.4 is 10.6 Å². The molecule has 2 aromatic carbocycles. The number of hydrogen-bond donors (Lipinski definition) is 2. The van der Waals surface area contributed by atoms with Crippen molar-refractivity contribution < 1.29 is 28.7 Å². The number of thioether (sulfide) groups is 1. The molecule has 1 saturated heterocycles. The average Bonchev–Trinajstić information content (AvgIpc) is 3.48. The van der Waals surface area contributed by atoms with Crippen LogP contribution in [0.5, 0.6) is 0 Å². The van der Waals surface area contributed by atoms with Crippen molar-refractivity contribution in [3.05, 3.63) is 101 Å². The minimum absolute atomic E-state index is 0.160. The Bertz CT molecular complexity index is 1590. The lowest BCUT2D eigenvalue weighted by Gasteiger charge is -2.48. The van der Waals surface area contributed by atoms with E-state index in [0.717, 1.165) is 22.5 Å². The van der Waals surface area contributed by atoms with Gasteiger partial charge in [-0.15, -0.1) is 23.1 Å². The highest BCUT2D eigenvalue weighted by Gasteiger charge is 2.53. The van der Waals surface area contributed by atoms with Crippen molar-refractivity contribution in [3.63, 3.8) is 0 Å². The summed E-state index contributed by atoms with van der Waals surface area (Å²) in [6.45, 7) is 7.16. The number of allylic oxidation sites excluding steroid dienone is 1. The zero-order chi connectivity index (χ0) is 32.1. The first-order chi connectivity index (χ1) is 21.6. The van der Waals surface area contributed by atoms with E-state index in [-0.39, 0.29) is 16.4 Å². The Balaban J connectivity index is 1.26. The smallest absolute Gasteiger partial charge is 0.413 e. The third-order valence-electron chi connectivity index (χ3n) is 6.81. The average molecular weight is 647 g/mol. The van der Waals surface area contributed by atoms with Crippen LogP contribution in [-0.4, -0.2) is 56.5 Å². The van der Waals surface area contributed by atoms with Crippen LogP contribution in [0.25, 0.3) is 5.57 Å². The van der Waals surface area contributed by atoms with E-state index in [2.05, 4.69) is 15.6 Å². The molecule has 3 aromatic rings. The van der Waals surface area contributed by atoms with Crippen molar-refractivity contribution in [1.82, 2.24) is 15.2 Å². The summed E-state index contributed by atoms with van der Waals surface area (Å²) in [6, 6.07) is 18.0. The maximum Gasteiger partial charge on any atom is 0.413 e. The van der Waals surface area contributed by atoms with Crippen molar-refractivity contribution in [2.75, 3.05) is 11.1 Å². The van der Waals surface area contributed by atoms with Crippen molar-refractivity contribution in [2.45, 2.75) is 57.2 Å². The Morgan fingerprint density at radius 2 is 1.71 bits per heavy atom. The van der Waals surface area contributed by atoms with Gasteiger partial charge in [-0.25, -0.2) is 14.6 Å². The Morgan fingerprint density at radius 1 is 1.07 bits per heavy atom. The number of nitrogens with zero attached hydrogens (tertiary/aromatic N) is 2. The molecule has 12 heteroatoms. The molecule has 2 atom stereocenters. The van der Waals surface area contributed by atoms with Crippen LogP contribution >= 0.6 is 23.1 Å². The Hall–Kier alpha value is -4.42. The van der Waals surface area contributed by atoms with Gasteiger partial charge in [-0.05, 0) is 44.4 Å². The van der Waals surface area contributed by atoms with Gasteiger partial charge in [0.2, 0.25) is 0 Å². The summed E-state index contributed by atoms with van der Waals surface area (Å²) in [4.78, 5) is 58.3. The van der Waals surface area contributed by atoms with E-state index in [1.54, 1.807) is 38.3 Å². The van der Waals surface area contributed by atoms with Gasteiger partial charge in [0.25, 0.3) is 11.8 Å². The predicted octanol–water partition coefficient (Wildman–Crippen LogP) is 5.90. The highest BCUT2D eigenvalue weighted by Crippen LogP contribution is 2.39. The number of benzene rings is 2. The molecular formula is C33H34N4O6S2. The number of carbonyl (C=O) groups excluding carboxylic acids is 4. The van der Waals surface area contributed by atoms with Crippen molar-refractivity contribution >= 4 is 57.7 Å². The molecule has 2 aliphatic rings. The summed E-state index contributed by atoms with van der Waals surface area (Å²) in [5, 5.41) is 6.89. The number of anilines is 1. The summed E-state index contributed by atoms with van der Waals surface area (Å²) in [5.41, 5.74) is 1.74. The molecule has 234 valence electrons. The number of ether oxygens (including phenoxy) is 2. The molecule has 3 heterocycles. The molecule has 3 amide bonds. The molecule has 10 nitrogen and oxygen atoms in total. The topological polar surface area (TPSA) is 127 Å². The van der Waals surface area contributed by atoms with Gasteiger partial charge in [0.15, 0.2) is 11.2 Å². The summed E-state index contributed by atoms with van der Waals surface area (Å²) in [7, 11) is 0. The largest absolute Gasteiger partial charge is 0.448 e. The van der Waals surface area contributed by atoms with Gasteiger partial charge in [-0.3, -0.25) is 19.8 Å². The zero-order valence-electron chi connectivity index (χ0n) is 25.3. The lowest BCUT2D eigenvalue weighted by Crippen LogP contribution is -2.70. The molecular weight excluding hydrogens is 613 g/mol. The fourth-order valence-electron chi connectivity index (χ4n) is 4.86. The van der Waals surface area contributed by atoms with Gasteiger partial charge in [0, 0.05) is 11.1 Å². The number of rotatable bonds is 9. The van der Waals surface area contributed by atoms with Crippen LogP contribution in [0.2, 0.25) is 0 Å². The molecule has 0 radical (unpaired) electrons. The first kappa shape index (κ1) is 32.0. The number of β-lactam (4-membered cyclic amide) rings is 1. The summed E-state index contributed by atoms with van der Waals surface area (Å²) in [5.74, 6) is -1.02. The number of carbonyl (C=O) groups is 4. The van der Waals surface area contributed by atoms with Crippen LogP contribution in [0.4, 0.5) is 9.93 Å². The molecule has 2 unspecified atom stereocenters. The van der Waals surface area contributed by atoms with E-state index >= 15 is 0 Å². The second-order valence-electron chi connectivity index (χ2n) is 11.3. The van der Waals surface area contributed by atoms with Crippen LogP contribution in [0.15, 0.2) is 83.9 Å².